The molecule has 1 heterocycles. The van der Waals surface area contributed by atoms with Crippen LogP contribution >= 0.6 is 0 Å². The molecule has 1 aromatic heterocycles. The first-order chi connectivity index (χ1) is 12.4. The molecule has 0 aliphatic rings. The molecule has 0 atom stereocenters. The summed E-state index contributed by atoms with van der Waals surface area (Å²) >= 11 is 0. The average molecular weight is 357 g/mol. The van der Waals surface area contributed by atoms with Gasteiger partial charge in [0.15, 0.2) is 0 Å². The van der Waals surface area contributed by atoms with E-state index in [1.807, 2.05) is 0 Å². The molecule has 1 N–H and O–H groups in total. The highest BCUT2D eigenvalue weighted by Gasteiger charge is 2.30. The Morgan fingerprint density at radius 2 is 1.73 bits per heavy atom. The van der Waals surface area contributed by atoms with Gasteiger partial charge in [-0.05, 0) is 42.0 Å². The Labute approximate surface area is 147 Å². The molecule has 26 heavy (non-hydrogen) atoms. The van der Waals surface area contributed by atoms with Crippen molar-refractivity contribution in [3.05, 3.63) is 89.9 Å². The SMILES string of the molecule is O=C(Nc1cccc(C(F)(F)F)c1)C(=Cc1ccco1)c1ccccc1. The smallest absolute Gasteiger partial charge is 0.416 e. The highest BCUT2D eigenvalue weighted by molar-refractivity contribution is 6.29. The second kappa shape index (κ2) is 7.31. The second-order valence-electron chi connectivity index (χ2n) is 5.47. The van der Waals surface area contributed by atoms with Crippen LogP contribution in [0.25, 0.3) is 11.6 Å². The molecule has 0 spiro atoms. The lowest BCUT2D eigenvalue weighted by molar-refractivity contribution is -0.137. The van der Waals surface area contributed by atoms with E-state index in [-0.39, 0.29) is 11.3 Å². The van der Waals surface area contributed by atoms with Crippen LogP contribution in [0.15, 0.2) is 77.4 Å². The number of anilines is 1. The van der Waals surface area contributed by atoms with Crippen molar-refractivity contribution < 1.29 is 22.4 Å². The molecule has 2 aromatic carbocycles. The van der Waals surface area contributed by atoms with Crippen LogP contribution in [-0.4, -0.2) is 5.91 Å². The van der Waals surface area contributed by atoms with Crippen LogP contribution in [0.4, 0.5) is 18.9 Å². The molecule has 3 aromatic rings. The van der Waals surface area contributed by atoms with Gasteiger partial charge >= 0.3 is 6.18 Å². The van der Waals surface area contributed by atoms with Gasteiger partial charge < -0.3 is 9.73 Å². The molecular weight excluding hydrogens is 343 g/mol. The van der Waals surface area contributed by atoms with Crippen LogP contribution in [0.1, 0.15) is 16.9 Å². The van der Waals surface area contributed by atoms with Crippen molar-refractivity contribution in [3.63, 3.8) is 0 Å². The van der Waals surface area contributed by atoms with Crippen molar-refractivity contribution >= 4 is 23.2 Å². The summed E-state index contributed by atoms with van der Waals surface area (Å²) in [7, 11) is 0. The number of carbonyl (C=O) groups excluding carboxylic acids is 1. The number of nitrogens with one attached hydrogen (secondary N) is 1. The van der Waals surface area contributed by atoms with Crippen LogP contribution in [-0.2, 0) is 11.0 Å². The lowest BCUT2D eigenvalue weighted by Gasteiger charge is -2.12. The summed E-state index contributed by atoms with van der Waals surface area (Å²) in [4.78, 5) is 12.7. The molecule has 0 saturated carbocycles. The van der Waals surface area contributed by atoms with E-state index in [1.165, 1.54) is 24.5 Å². The van der Waals surface area contributed by atoms with E-state index in [9.17, 15) is 18.0 Å². The minimum absolute atomic E-state index is 0.0612. The van der Waals surface area contributed by atoms with Crippen molar-refractivity contribution in [3.8, 4) is 0 Å². The van der Waals surface area contributed by atoms with Gasteiger partial charge in [-0.2, -0.15) is 13.2 Å². The van der Waals surface area contributed by atoms with Gasteiger partial charge in [0.1, 0.15) is 5.76 Å². The summed E-state index contributed by atoms with van der Waals surface area (Å²) < 4.78 is 43.8. The normalized spacial score (nSPS) is 12.0. The molecule has 0 aliphatic heterocycles. The quantitative estimate of drug-likeness (QED) is 0.629. The number of halogens is 3. The second-order valence-corrected chi connectivity index (χ2v) is 5.47. The molecule has 0 aliphatic carbocycles. The zero-order chi connectivity index (χ0) is 18.6. The van der Waals surface area contributed by atoms with Gasteiger partial charge in [-0.25, -0.2) is 0 Å². The van der Waals surface area contributed by atoms with E-state index in [0.717, 1.165) is 12.1 Å². The molecule has 1 amide bonds. The van der Waals surface area contributed by atoms with Gasteiger partial charge in [0.25, 0.3) is 5.91 Å². The van der Waals surface area contributed by atoms with E-state index in [1.54, 1.807) is 42.5 Å². The highest BCUT2D eigenvalue weighted by atomic mass is 19.4. The van der Waals surface area contributed by atoms with Gasteiger partial charge in [-0.3, -0.25) is 4.79 Å². The lowest BCUT2D eigenvalue weighted by atomic mass is 10.0. The Morgan fingerprint density at radius 3 is 2.38 bits per heavy atom. The lowest BCUT2D eigenvalue weighted by Crippen LogP contribution is -2.14. The maximum absolute atomic E-state index is 12.8. The van der Waals surface area contributed by atoms with E-state index >= 15 is 0 Å². The summed E-state index contributed by atoms with van der Waals surface area (Å²) in [5.41, 5.74) is 0.129. The first kappa shape index (κ1) is 17.5. The maximum Gasteiger partial charge on any atom is 0.416 e. The highest BCUT2D eigenvalue weighted by Crippen LogP contribution is 2.31. The van der Waals surface area contributed by atoms with Crippen LogP contribution in [0, 0.1) is 0 Å². The number of rotatable bonds is 4. The number of furan rings is 1. The Hall–Kier alpha value is -3.28. The zero-order valence-electron chi connectivity index (χ0n) is 13.5. The zero-order valence-corrected chi connectivity index (χ0v) is 13.5. The number of benzene rings is 2. The van der Waals surface area contributed by atoms with E-state index in [4.69, 9.17) is 4.42 Å². The van der Waals surface area contributed by atoms with Crippen LogP contribution in [0.2, 0.25) is 0 Å². The molecule has 0 bridgehead atoms. The van der Waals surface area contributed by atoms with Crippen molar-refractivity contribution in [2.45, 2.75) is 6.18 Å². The van der Waals surface area contributed by atoms with Crippen molar-refractivity contribution in [2.75, 3.05) is 5.32 Å². The predicted octanol–water partition coefficient (Wildman–Crippen LogP) is 5.48. The first-order valence-electron chi connectivity index (χ1n) is 7.73. The monoisotopic (exact) mass is 357 g/mol. The van der Waals surface area contributed by atoms with Crippen molar-refractivity contribution in [2.24, 2.45) is 0 Å². The van der Waals surface area contributed by atoms with Gasteiger partial charge in [0, 0.05) is 5.69 Å². The van der Waals surface area contributed by atoms with E-state index in [0.29, 0.717) is 11.3 Å². The minimum Gasteiger partial charge on any atom is -0.465 e. The fraction of sp³-hybridized carbons (Fsp3) is 0.0500. The Kier molecular flexibility index (Phi) is 4.93. The average Bonchev–Trinajstić information content (AvgIpc) is 3.13. The third-order valence-corrected chi connectivity index (χ3v) is 3.61. The molecule has 3 nitrogen and oxygen atoms in total. The van der Waals surface area contributed by atoms with Crippen LogP contribution in [0.3, 0.4) is 0 Å². The molecule has 0 unspecified atom stereocenters. The third kappa shape index (κ3) is 4.22. The molecule has 6 heteroatoms. The third-order valence-electron chi connectivity index (χ3n) is 3.61. The number of amides is 1. The van der Waals surface area contributed by atoms with Crippen LogP contribution < -0.4 is 5.32 Å². The number of hydrogen-bond acceptors (Lipinski definition) is 2. The fourth-order valence-corrected chi connectivity index (χ4v) is 2.39. The summed E-state index contributed by atoms with van der Waals surface area (Å²) in [5, 5.41) is 2.52. The summed E-state index contributed by atoms with van der Waals surface area (Å²) in [6.07, 6.45) is -1.47. The van der Waals surface area contributed by atoms with Crippen molar-refractivity contribution in [1.29, 1.82) is 0 Å². The fourth-order valence-electron chi connectivity index (χ4n) is 2.39. The van der Waals surface area contributed by atoms with Gasteiger partial charge in [-0.15, -0.1) is 0 Å². The molecule has 0 fully saturated rings. The Morgan fingerprint density at radius 1 is 0.962 bits per heavy atom. The molecule has 0 radical (unpaired) electrons. The summed E-state index contributed by atoms with van der Waals surface area (Å²) in [6.45, 7) is 0. The summed E-state index contributed by atoms with van der Waals surface area (Å²) in [6, 6.07) is 16.7. The standard InChI is InChI=1S/C20H14F3NO2/c21-20(22,23)15-8-4-9-16(12-15)24-19(25)18(13-17-10-5-11-26-17)14-6-2-1-3-7-14/h1-13H,(H,24,25). The number of carbonyl (C=O) groups is 1. The predicted molar refractivity (Wildman–Crippen MR) is 93.1 cm³/mol. The van der Waals surface area contributed by atoms with Gasteiger partial charge in [0.05, 0.1) is 17.4 Å². The van der Waals surface area contributed by atoms with E-state index < -0.39 is 17.6 Å². The number of hydrogen-bond donors (Lipinski definition) is 1. The molecule has 132 valence electrons. The minimum atomic E-state index is -4.48. The van der Waals surface area contributed by atoms with Gasteiger partial charge in [-0.1, -0.05) is 36.4 Å². The number of alkyl halides is 3. The molecule has 0 saturated heterocycles. The Bertz CT molecular complexity index is 914. The topological polar surface area (TPSA) is 42.2 Å². The molecular formula is C20H14F3NO2. The van der Waals surface area contributed by atoms with E-state index in [2.05, 4.69) is 5.32 Å². The summed E-state index contributed by atoms with van der Waals surface area (Å²) in [5.74, 6) is -0.0741. The van der Waals surface area contributed by atoms with Crippen LogP contribution in [0.5, 0.6) is 0 Å². The first-order valence-corrected chi connectivity index (χ1v) is 7.73. The maximum atomic E-state index is 12.8. The molecule has 3 rings (SSSR count). The largest absolute Gasteiger partial charge is 0.465 e. The van der Waals surface area contributed by atoms with Gasteiger partial charge in [0.2, 0.25) is 0 Å². The Balaban J connectivity index is 1.92. The van der Waals surface area contributed by atoms with Crippen molar-refractivity contribution in [1.82, 2.24) is 0 Å².